The third-order valence-electron chi connectivity index (χ3n) is 2.07. The first-order valence-corrected chi connectivity index (χ1v) is 4.75. The van der Waals surface area contributed by atoms with Gasteiger partial charge in [0, 0.05) is 6.42 Å². The second-order valence-corrected chi connectivity index (χ2v) is 3.27. The van der Waals surface area contributed by atoms with Crippen LogP contribution < -0.4 is 0 Å². The smallest absolute Gasteiger partial charge is 0.375 e. The fraction of sp³-hybridized carbons (Fsp3) is 0.0833. The van der Waals surface area contributed by atoms with E-state index in [9.17, 15) is 4.79 Å². The van der Waals surface area contributed by atoms with Crippen LogP contribution >= 0.6 is 0 Å². The van der Waals surface area contributed by atoms with Crippen molar-refractivity contribution in [3.63, 3.8) is 0 Å². The average Bonchev–Trinajstić information content (AvgIpc) is 2.31. The van der Waals surface area contributed by atoms with E-state index in [0.717, 1.165) is 11.8 Å². The molecule has 1 aromatic rings. The van der Waals surface area contributed by atoms with E-state index >= 15 is 0 Å². The SMILES string of the molecule is O=C(O)C1=COC(Cc2ccccc2)=CO1. The molecule has 1 N–H and O–H groups in total. The standard InChI is InChI=1S/C12H10O4/c13-12(14)11-8-15-10(7-16-11)6-9-4-2-1-3-5-9/h1-5,7-8H,6H2,(H,13,14). The summed E-state index contributed by atoms with van der Waals surface area (Å²) in [4.78, 5) is 10.5. The summed E-state index contributed by atoms with van der Waals surface area (Å²) >= 11 is 0. The van der Waals surface area contributed by atoms with Gasteiger partial charge in [-0.25, -0.2) is 4.79 Å². The summed E-state index contributed by atoms with van der Waals surface area (Å²) in [6, 6.07) is 9.70. The summed E-state index contributed by atoms with van der Waals surface area (Å²) in [6.45, 7) is 0. The van der Waals surface area contributed by atoms with Crippen molar-refractivity contribution in [3.8, 4) is 0 Å². The minimum Gasteiger partial charge on any atom is -0.475 e. The molecule has 0 amide bonds. The molecule has 0 aromatic heterocycles. The number of carbonyl (C=O) groups is 1. The zero-order chi connectivity index (χ0) is 11.4. The van der Waals surface area contributed by atoms with Crippen LogP contribution in [0.5, 0.6) is 0 Å². The van der Waals surface area contributed by atoms with Gasteiger partial charge in [-0.15, -0.1) is 0 Å². The molecule has 0 aliphatic carbocycles. The predicted octanol–water partition coefficient (Wildman–Crippen LogP) is 2.04. The largest absolute Gasteiger partial charge is 0.475 e. The zero-order valence-electron chi connectivity index (χ0n) is 8.42. The fourth-order valence-electron chi connectivity index (χ4n) is 1.30. The molecule has 4 heteroatoms. The lowest BCUT2D eigenvalue weighted by Gasteiger charge is -2.12. The van der Waals surface area contributed by atoms with E-state index in [4.69, 9.17) is 14.6 Å². The summed E-state index contributed by atoms with van der Waals surface area (Å²) in [5.74, 6) is -0.775. The molecule has 0 atom stereocenters. The number of benzene rings is 1. The van der Waals surface area contributed by atoms with Gasteiger partial charge in [-0.2, -0.15) is 0 Å². The topological polar surface area (TPSA) is 55.8 Å². The third-order valence-corrected chi connectivity index (χ3v) is 2.07. The molecular weight excluding hydrogens is 208 g/mol. The van der Waals surface area contributed by atoms with E-state index in [1.807, 2.05) is 30.3 Å². The molecule has 0 spiro atoms. The Labute approximate surface area is 92.4 Å². The molecule has 0 unspecified atom stereocenters. The van der Waals surface area contributed by atoms with Gasteiger partial charge >= 0.3 is 5.97 Å². The van der Waals surface area contributed by atoms with Crippen molar-refractivity contribution in [2.45, 2.75) is 6.42 Å². The maximum Gasteiger partial charge on any atom is 0.375 e. The quantitative estimate of drug-likeness (QED) is 0.843. The number of carboxylic acids is 1. The van der Waals surface area contributed by atoms with Crippen LogP contribution in [0.3, 0.4) is 0 Å². The van der Waals surface area contributed by atoms with E-state index in [0.29, 0.717) is 12.2 Å². The first-order valence-electron chi connectivity index (χ1n) is 4.75. The van der Waals surface area contributed by atoms with Crippen LogP contribution in [0.15, 0.2) is 54.4 Å². The van der Waals surface area contributed by atoms with E-state index in [1.165, 1.54) is 6.26 Å². The Morgan fingerprint density at radius 2 is 1.88 bits per heavy atom. The monoisotopic (exact) mass is 218 g/mol. The van der Waals surface area contributed by atoms with Crippen molar-refractivity contribution >= 4 is 5.97 Å². The summed E-state index contributed by atoms with van der Waals surface area (Å²) in [7, 11) is 0. The van der Waals surface area contributed by atoms with Crippen LogP contribution in [-0.2, 0) is 20.7 Å². The number of carboxylic acid groups (broad SMARTS) is 1. The number of allylic oxidation sites excluding steroid dienone is 1. The number of hydrogen-bond acceptors (Lipinski definition) is 3. The third kappa shape index (κ3) is 2.42. The van der Waals surface area contributed by atoms with E-state index < -0.39 is 5.97 Å². The molecule has 2 rings (SSSR count). The normalized spacial score (nSPS) is 14.2. The van der Waals surface area contributed by atoms with Crippen LogP contribution in [-0.4, -0.2) is 11.1 Å². The van der Waals surface area contributed by atoms with Gasteiger partial charge in [-0.1, -0.05) is 30.3 Å². The first-order chi connectivity index (χ1) is 7.75. The predicted molar refractivity (Wildman–Crippen MR) is 56.1 cm³/mol. The molecule has 0 radical (unpaired) electrons. The van der Waals surface area contributed by atoms with Crippen molar-refractivity contribution in [2.24, 2.45) is 0 Å². The molecule has 4 nitrogen and oxygen atoms in total. The van der Waals surface area contributed by atoms with Gasteiger partial charge < -0.3 is 14.6 Å². The van der Waals surface area contributed by atoms with Gasteiger partial charge in [-0.3, -0.25) is 0 Å². The highest BCUT2D eigenvalue weighted by atomic mass is 16.6. The van der Waals surface area contributed by atoms with Crippen molar-refractivity contribution < 1.29 is 19.4 Å². The minimum atomic E-state index is -1.14. The highest BCUT2D eigenvalue weighted by molar-refractivity contribution is 5.84. The van der Waals surface area contributed by atoms with Gasteiger partial charge in [0.25, 0.3) is 0 Å². The molecule has 0 saturated heterocycles. The van der Waals surface area contributed by atoms with Crippen molar-refractivity contribution in [1.29, 1.82) is 0 Å². The molecule has 1 aliphatic heterocycles. The van der Waals surface area contributed by atoms with Crippen LogP contribution in [0, 0.1) is 0 Å². The number of ether oxygens (including phenoxy) is 2. The molecule has 82 valence electrons. The Balaban J connectivity index is 1.98. The second-order valence-electron chi connectivity index (χ2n) is 3.27. The second kappa shape index (κ2) is 4.53. The average molecular weight is 218 g/mol. The summed E-state index contributed by atoms with van der Waals surface area (Å²) < 4.78 is 10.0. The van der Waals surface area contributed by atoms with Crippen LogP contribution in [0.25, 0.3) is 0 Å². The van der Waals surface area contributed by atoms with Gasteiger partial charge in [0.2, 0.25) is 5.76 Å². The van der Waals surface area contributed by atoms with Crippen LogP contribution in [0.4, 0.5) is 0 Å². The molecule has 0 fully saturated rings. The maximum absolute atomic E-state index is 10.5. The number of rotatable bonds is 3. The number of aliphatic carboxylic acids is 1. The minimum absolute atomic E-state index is 0.211. The molecule has 1 heterocycles. The summed E-state index contributed by atoms with van der Waals surface area (Å²) in [6.07, 6.45) is 2.99. The lowest BCUT2D eigenvalue weighted by atomic mass is 10.1. The lowest BCUT2D eigenvalue weighted by molar-refractivity contribution is -0.136. The van der Waals surface area contributed by atoms with Crippen molar-refractivity contribution in [1.82, 2.24) is 0 Å². The Morgan fingerprint density at radius 1 is 1.12 bits per heavy atom. The molecule has 0 bridgehead atoms. The lowest BCUT2D eigenvalue weighted by Crippen LogP contribution is -2.08. The Hall–Kier alpha value is -2.23. The van der Waals surface area contributed by atoms with Gasteiger partial charge in [0.15, 0.2) is 0 Å². The summed E-state index contributed by atoms with van der Waals surface area (Å²) in [5.41, 5.74) is 1.07. The molecular formula is C12H10O4. The van der Waals surface area contributed by atoms with Crippen molar-refractivity contribution in [2.75, 3.05) is 0 Å². The Kier molecular flexibility index (Phi) is 2.91. The molecule has 16 heavy (non-hydrogen) atoms. The Morgan fingerprint density at radius 3 is 2.44 bits per heavy atom. The highest BCUT2D eigenvalue weighted by Gasteiger charge is 2.14. The fourth-order valence-corrected chi connectivity index (χ4v) is 1.30. The van der Waals surface area contributed by atoms with E-state index in [-0.39, 0.29) is 5.76 Å². The molecule has 1 aliphatic rings. The zero-order valence-corrected chi connectivity index (χ0v) is 8.42. The number of hydrogen-bond donors (Lipinski definition) is 1. The van der Waals surface area contributed by atoms with Gasteiger partial charge in [-0.05, 0) is 5.56 Å². The first kappa shape index (κ1) is 10.3. The highest BCUT2D eigenvalue weighted by Crippen LogP contribution is 2.16. The van der Waals surface area contributed by atoms with Crippen molar-refractivity contribution in [3.05, 3.63) is 59.9 Å². The van der Waals surface area contributed by atoms with Gasteiger partial charge in [0.05, 0.1) is 0 Å². The summed E-state index contributed by atoms with van der Waals surface area (Å²) in [5, 5.41) is 8.61. The van der Waals surface area contributed by atoms with E-state index in [1.54, 1.807) is 0 Å². The van der Waals surface area contributed by atoms with E-state index in [2.05, 4.69) is 0 Å². The van der Waals surface area contributed by atoms with Crippen LogP contribution in [0.1, 0.15) is 5.56 Å². The van der Waals surface area contributed by atoms with Crippen LogP contribution in [0.2, 0.25) is 0 Å². The maximum atomic E-state index is 10.5. The Bertz CT molecular complexity index is 445. The van der Waals surface area contributed by atoms with Gasteiger partial charge in [0.1, 0.15) is 18.3 Å². The molecule has 0 saturated carbocycles. The molecule has 1 aromatic carbocycles.